The lowest BCUT2D eigenvalue weighted by Gasteiger charge is -1.97. The molecule has 3 heteroatoms. The number of hydrogen-bond acceptors (Lipinski definition) is 2. The number of carboxylic acid groups (broad SMARTS) is 1. The van der Waals surface area contributed by atoms with Crippen LogP contribution >= 0.6 is 0 Å². The van der Waals surface area contributed by atoms with Gasteiger partial charge in [-0.15, -0.1) is 0 Å². The highest BCUT2D eigenvalue weighted by molar-refractivity contribution is 5.66. The molecule has 0 saturated heterocycles. The number of aliphatic hydroxyl groups excluding tert-OH is 1. The van der Waals surface area contributed by atoms with Gasteiger partial charge in [-0.05, 0) is 38.5 Å². The number of allylic oxidation sites excluding steroid dienone is 2. The molecule has 17 heavy (non-hydrogen) atoms. The molecule has 100 valence electrons. The minimum atomic E-state index is -0.691. The van der Waals surface area contributed by atoms with E-state index in [-0.39, 0.29) is 0 Å². The van der Waals surface area contributed by atoms with E-state index in [1.807, 2.05) is 0 Å². The molecular formula is C14H26O3. The van der Waals surface area contributed by atoms with E-state index in [9.17, 15) is 4.79 Å². The zero-order valence-electron chi connectivity index (χ0n) is 10.7. The predicted molar refractivity (Wildman–Crippen MR) is 70.0 cm³/mol. The van der Waals surface area contributed by atoms with Gasteiger partial charge in [0.1, 0.15) is 0 Å². The van der Waals surface area contributed by atoms with E-state index in [0.29, 0.717) is 13.0 Å². The molecule has 0 radical (unpaired) electrons. The van der Waals surface area contributed by atoms with Gasteiger partial charge in [0.15, 0.2) is 0 Å². The Morgan fingerprint density at radius 1 is 0.824 bits per heavy atom. The summed E-state index contributed by atoms with van der Waals surface area (Å²) in [4.78, 5) is 10.3. The smallest absolute Gasteiger partial charge is 0.303 e. The maximum absolute atomic E-state index is 10.3. The van der Waals surface area contributed by atoms with Crippen LogP contribution in [0.15, 0.2) is 12.2 Å². The lowest BCUT2D eigenvalue weighted by molar-refractivity contribution is -0.137. The van der Waals surface area contributed by atoms with Crippen molar-refractivity contribution in [1.29, 1.82) is 0 Å². The summed E-state index contributed by atoms with van der Waals surface area (Å²) in [5.41, 5.74) is 0. The number of carboxylic acids is 1. The van der Waals surface area contributed by atoms with Crippen molar-refractivity contribution in [3.8, 4) is 0 Å². The molecule has 0 saturated carbocycles. The zero-order chi connectivity index (χ0) is 12.8. The van der Waals surface area contributed by atoms with Crippen molar-refractivity contribution in [3.05, 3.63) is 12.2 Å². The van der Waals surface area contributed by atoms with Crippen LogP contribution < -0.4 is 0 Å². The van der Waals surface area contributed by atoms with E-state index in [2.05, 4.69) is 12.2 Å². The Morgan fingerprint density at radius 2 is 1.35 bits per heavy atom. The highest BCUT2D eigenvalue weighted by Crippen LogP contribution is 2.06. The molecular weight excluding hydrogens is 216 g/mol. The lowest BCUT2D eigenvalue weighted by atomic mass is 10.1. The third-order valence-electron chi connectivity index (χ3n) is 2.71. The monoisotopic (exact) mass is 242 g/mol. The Labute approximate surface area is 105 Å². The van der Waals surface area contributed by atoms with E-state index in [0.717, 1.165) is 44.9 Å². The average molecular weight is 242 g/mol. The van der Waals surface area contributed by atoms with Gasteiger partial charge in [0.05, 0.1) is 0 Å². The van der Waals surface area contributed by atoms with Crippen molar-refractivity contribution >= 4 is 5.97 Å². The summed E-state index contributed by atoms with van der Waals surface area (Å²) < 4.78 is 0. The predicted octanol–water partition coefficient (Wildman–Crippen LogP) is 3.52. The molecule has 0 rings (SSSR count). The topological polar surface area (TPSA) is 57.5 Å². The van der Waals surface area contributed by atoms with Crippen LogP contribution in [0.1, 0.15) is 64.2 Å². The maximum atomic E-state index is 10.3. The molecule has 3 nitrogen and oxygen atoms in total. The van der Waals surface area contributed by atoms with Gasteiger partial charge in [-0.25, -0.2) is 0 Å². The number of aliphatic hydroxyl groups is 1. The van der Waals surface area contributed by atoms with E-state index in [1.165, 1.54) is 12.8 Å². The van der Waals surface area contributed by atoms with Crippen molar-refractivity contribution in [3.63, 3.8) is 0 Å². The van der Waals surface area contributed by atoms with Crippen LogP contribution in [0.3, 0.4) is 0 Å². The molecule has 0 bridgehead atoms. The number of aliphatic carboxylic acids is 1. The van der Waals surface area contributed by atoms with Gasteiger partial charge < -0.3 is 10.2 Å². The van der Waals surface area contributed by atoms with E-state index in [1.54, 1.807) is 0 Å². The standard InChI is InChI=1S/C14H26O3/c15-13-11-9-7-5-3-1-2-4-6-8-10-12-14(16)17/h1-2,15H,3-13H2,(H,16,17)/b2-1+. The molecule has 0 unspecified atom stereocenters. The molecule has 0 aromatic carbocycles. The summed E-state index contributed by atoms with van der Waals surface area (Å²) in [6.45, 7) is 0.312. The molecule has 2 N–H and O–H groups in total. The van der Waals surface area contributed by atoms with Crippen LogP contribution in [0.5, 0.6) is 0 Å². The first kappa shape index (κ1) is 16.2. The first-order valence-corrected chi connectivity index (χ1v) is 6.75. The summed E-state index contributed by atoms with van der Waals surface area (Å²) in [6.07, 6.45) is 14.3. The Bertz CT molecular complexity index is 200. The first-order valence-electron chi connectivity index (χ1n) is 6.75. The summed E-state index contributed by atoms with van der Waals surface area (Å²) in [5.74, 6) is -0.691. The maximum Gasteiger partial charge on any atom is 0.303 e. The van der Waals surface area contributed by atoms with Crippen molar-refractivity contribution in [2.75, 3.05) is 6.61 Å². The summed E-state index contributed by atoms with van der Waals surface area (Å²) >= 11 is 0. The third-order valence-corrected chi connectivity index (χ3v) is 2.71. The number of rotatable bonds is 12. The fourth-order valence-electron chi connectivity index (χ4n) is 1.68. The Balaban J connectivity index is 3.07. The number of carbonyl (C=O) groups is 1. The van der Waals surface area contributed by atoms with Gasteiger partial charge in [-0.2, -0.15) is 0 Å². The minimum Gasteiger partial charge on any atom is -0.481 e. The second-order valence-corrected chi connectivity index (χ2v) is 4.39. The summed E-state index contributed by atoms with van der Waals surface area (Å²) in [6, 6.07) is 0. The van der Waals surface area contributed by atoms with E-state index in [4.69, 9.17) is 10.2 Å². The fraction of sp³-hybridized carbons (Fsp3) is 0.786. The summed E-state index contributed by atoms with van der Waals surface area (Å²) in [5, 5.41) is 17.0. The molecule has 0 heterocycles. The van der Waals surface area contributed by atoms with Crippen molar-refractivity contribution < 1.29 is 15.0 Å². The van der Waals surface area contributed by atoms with Crippen LogP contribution in [0, 0.1) is 0 Å². The van der Waals surface area contributed by atoms with Crippen LogP contribution in [-0.2, 0) is 4.79 Å². The molecule has 0 fully saturated rings. The number of hydrogen-bond donors (Lipinski definition) is 2. The minimum absolute atomic E-state index is 0.300. The van der Waals surface area contributed by atoms with Gasteiger partial charge in [0.2, 0.25) is 0 Å². The highest BCUT2D eigenvalue weighted by atomic mass is 16.4. The molecule has 0 spiro atoms. The second-order valence-electron chi connectivity index (χ2n) is 4.39. The lowest BCUT2D eigenvalue weighted by Crippen LogP contribution is -1.93. The normalized spacial score (nSPS) is 11.1. The van der Waals surface area contributed by atoms with Gasteiger partial charge in [0.25, 0.3) is 0 Å². The van der Waals surface area contributed by atoms with Gasteiger partial charge >= 0.3 is 5.97 Å². The molecule has 0 amide bonds. The molecule has 0 aliphatic heterocycles. The van der Waals surface area contributed by atoms with E-state index < -0.39 is 5.97 Å². The molecule has 0 atom stereocenters. The highest BCUT2D eigenvalue weighted by Gasteiger charge is 1.94. The molecule has 0 aromatic heterocycles. The second kappa shape index (κ2) is 13.2. The Hall–Kier alpha value is -0.830. The quantitative estimate of drug-likeness (QED) is 0.406. The molecule has 0 aromatic rings. The SMILES string of the molecule is O=C(O)CCCCC/C=C/CCCCCCO. The Morgan fingerprint density at radius 3 is 1.88 bits per heavy atom. The van der Waals surface area contributed by atoms with Crippen molar-refractivity contribution in [1.82, 2.24) is 0 Å². The average Bonchev–Trinajstić information content (AvgIpc) is 2.30. The summed E-state index contributed by atoms with van der Waals surface area (Å²) in [7, 11) is 0. The molecule has 0 aliphatic rings. The zero-order valence-corrected chi connectivity index (χ0v) is 10.7. The van der Waals surface area contributed by atoms with Crippen LogP contribution in [-0.4, -0.2) is 22.8 Å². The van der Waals surface area contributed by atoms with Crippen LogP contribution in [0.4, 0.5) is 0 Å². The molecule has 0 aliphatic carbocycles. The van der Waals surface area contributed by atoms with Crippen LogP contribution in [0.25, 0.3) is 0 Å². The first-order chi connectivity index (χ1) is 8.27. The third kappa shape index (κ3) is 15.2. The fourth-order valence-corrected chi connectivity index (χ4v) is 1.68. The van der Waals surface area contributed by atoms with Crippen molar-refractivity contribution in [2.45, 2.75) is 64.2 Å². The van der Waals surface area contributed by atoms with Gasteiger partial charge in [-0.3, -0.25) is 4.79 Å². The van der Waals surface area contributed by atoms with Crippen molar-refractivity contribution in [2.24, 2.45) is 0 Å². The van der Waals surface area contributed by atoms with Gasteiger partial charge in [0, 0.05) is 13.0 Å². The van der Waals surface area contributed by atoms with Crippen LogP contribution in [0.2, 0.25) is 0 Å². The Kier molecular flexibility index (Phi) is 12.6. The van der Waals surface area contributed by atoms with E-state index >= 15 is 0 Å². The van der Waals surface area contributed by atoms with Gasteiger partial charge in [-0.1, -0.05) is 31.4 Å². The number of unbranched alkanes of at least 4 members (excludes halogenated alkanes) is 7. The largest absolute Gasteiger partial charge is 0.481 e.